The van der Waals surface area contributed by atoms with Crippen molar-refractivity contribution in [3.05, 3.63) is 46.7 Å². The van der Waals surface area contributed by atoms with Crippen molar-refractivity contribution in [2.24, 2.45) is 5.41 Å². The summed E-state index contributed by atoms with van der Waals surface area (Å²) in [6.45, 7) is 2.73. The Morgan fingerprint density at radius 3 is 2.90 bits per heavy atom. The number of aromatic nitrogens is 1. The summed E-state index contributed by atoms with van der Waals surface area (Å²) in [5, 5.41) is 3.34. The van der Waals surface area contributed by atoms with Crippen LogP contribution in [0.15, 0.2) is 30.5 Å². The molecule has 1 aromatic carbocycles. The molecule has 0 aliphatic carbocycles. The molecule has 0 unspecified atom stereocenters. The Kier molecular flexibility index (Phi) is 3.73. The minimum atomic E-state index is -0.461. The molecule has 1 amide bonds. The average molecular weight is 306 g/mol. The normalized spacial score (nSPS) is 16.3. The van der Waals surface area contributed by atoms with Gasteiger partial charge in [0.05, 0.1) is 18.6 Å². The molecule has 1 aromatic heterocycles. The van der Waals surface area contributed by atoms with Gasteiger partial charge in [-0.1, -0.05) is 18.2 Å². The van der Waals surface area contributed by atoms with Gasteiger partial charge in [-0.3, -0.25) is 4.79 Å². The first-order chi connectivity index (χ1) is 10.1. The van der Waals surface area contributed by atoms with E-state index in [2.05, 4.69) is 10.3 Å². The van der Waals surface area contributed by atoms with Gasteiger partial charge in [0, 0.05) is 17.5 Å². The van der Waals surface area contributed by atoms with Crippen LogP contribution in [0.4, 0.5) is 9.52 Å². The van der Waals surface area contributed by atoms with Crippen molar-refractivity contribution in [3.8, 4) is 0 Å². The maximum Gasteiger partial charge on any atom is 0.236 e. The maximum atomic E-state index is 13.6. The molecule has 0 saturated carbocycles. The molecule has 1 N–H and O–H groups in total. The zero-order valence-corrected chi connectivity index (χ0v) is 12.4. The number of benzene rings is 1. The predicted octanol–water partition coefficient (Wildman–Crippen LogP) is 2.85. The number of rotatable bonds is 4. The van der Waals surface area contributed by atoms with Crippen LogP contribution in [-0.2, 0) is 16.0 Å². The summed E-state index contributed by atoms with van der Waals surface area (Å²) in [7, 11) is 0. The van der Waals surface area contributed by atoms with E-state index >= 15 is 0 Å². The number of nitrogens with zero attached hydrogens (tertiary/aromatic N) is 1. The van der Waals surface area contributed by atoms with E-state index in [-0.39, 0.29) is 11.7 Å². The fraction of sp³-hybridized carbons (Fsp3) is 0.333. The van der Waals surface area contributed by atoms with Gasteiger partial charge in [-0.15, -0.1) is 11.3 Å². The topological polar surface area (TPSA) is 51.2 Å². The summed E-state index contributed by atoms with van der Waals surface area (Å²) < 4.78 is 18.7. The lowest BCUT2D eigenvalue weighted by Gasteiger charge is -2.35. The van der Waals surface area contributed by atoms with Gasteiger partial charge in [-0.2, -0.15) is 0 Å². The Balaban J connectivity index is 1.66. The molecule has 2 heterocycles. The van der Waals surface area contributed by atoms with Crippen molar-refractivity contribution in [2.45, 2.75) is 13.3 Å². The van der Waals surface area contributed by atoms with E-state index in [1.807, 2.05) is 6.92 Å². The van der Waals surface area contributed by atoms with Crippen LogP contribution < -0.4 is 5.32 Å². The highest BCUT2D eigenvalue weighted by Gasteiger charge is 2.41. The van der Waals surface area contributed by atoms with E-state index in [1.165, 1.54) is 17.4 Å². The first kappa shape index (κ1) is 14.2. The SMILES string of the molecule is CC1(C(=O)Nc2ncc(Cc3ccccc3F)s2)COC1. The number of hydrogen-bond donors (Lipinski definition) is 1. The molecule has 3 rings (SSSR count). The largest absolute Gasteiger partial charge is 0.379 e. The van der Waals surface area contributed by atoms with E-state index in [0.29, 0.717) is 30.3 Å². The van der Waals surface area contributed by atoms with Gasteiger partial charge in [0.2, 0.25) is 5.91 Å². The van der Waals surface area contributed by atoms with Gasteiger partial charge in [-0.25, -0.2) is 9.37 Å². The van der Waals surface area contributed by atoms with Crippen molar-refractivity contribution >= 4 is 22.4 Å². The minimum Gasteiger partial charge on any atom is -0.379 e. The molecule has 0 radical (unpaired) electrons. The number of carbonyl (C=O) groups is 1. The number of halogens is 1. The van der Waals surface area contributed by atoms with E-state index in [9.17, 15) is 9.18 Å². The molecule has 110 valence electrons. The van der Waals surface area contributed by atoms with Crippen molar-refractivity contribution < 1.29 is 13.9 Å². The van der Waals surface area contributed by atoms with E-state index in [4.69, 9.17) is 4.74 Å². The first-order valence-corrected chi connectivity index (χ1v) is 7.46. The summed E-state index contributed by atoms with van der Waals surface area (Å²) in [6.07, 6.45) is 2.15. The molecule has 1 fully saturated rings. The predicted molar refractivity (Wildman–Crippen MR) is 78.9 cm³/mol. The number of carbonyl (C=O) groups excluding carboxylic acids is 1. The standard InChI is InChI=1S/C15H15FN2O2S/c1-15(8-20-9-15)13(19)18-14-17-7-11(21-14)6-10-4-2-3-5-12(10)16/h2-5,7H,6,8-9H2,1H3,(H,17,18,19). The zero-order valence-electron chi connectivity index (χ0n) is 11.6. The molecule has 0 bridgehead atoms. The number of nitrogens with one attached hydrogen (secondary N) is 1. The van der Waals surface area contributed by atoms with Crippen LogP contribution >= 0.6 is 11.3 Å². The first-order valence-electron chi connectivity index (χ1n) is 6.64. The number of thiazole rings is 1. The molecule has 0 spiro atoms. The fourth-order valence-electron chi connectivity index (χ4n) is 2.06. The van der Waals surface area contributed by atoms with Gasteiger partial charge in [0.1, 0.15) is 5.82 Å². The minimum absolute atomic E-state index is 0.0828. The molecule has 1 saturated heterocycles. The average Bonchev–Trinajstić information content (AvgIpc) is 2.86. The van der Waals surface area contributed by atoms with Crippen LogP contribution in [0.3, 0.4) is 0 Å². The van der Waals surface area contributed by atoms with E-state index in [1.54, 1.807) is 24.4 Å². The summed E-state index contributed by atoms with van der Waals surface area (Å²) in [5.41, 5.74) is 0.163. The smallest absolute Gasteiger partial charge is 0.236 e. The van der Waals surface area contributed by atoms with Crippen LogP contribution in [0.2, 0.25) is 0 Å². The molecule has 1 aliphatic rings. The monoisotopic (exact) mass is 306 g/mol. The lowest BCUT2D eigenvalue weighted by Crippen LogP contribution is -2.49. The van der Waals surface area contributed by atoms with Crippen LogP contribution in [0.25, 0.3) is 0 Å². The molecule has 6 heteroatoms. The van der Waals surface area contributed by atoms with Crippen molar-refractivity contribution in [1.82, 2.24) is 4.98 Å². The van der Waals surface area contributed by atoms with Crippen molar-refractivity contribution in [2.75, 3.05) is 18.5 Å². The highest BCUT2D eigenvalue weighted by molar-refractivity contribution is 7.15. The molecular weight excluding hydrogens is 291 g/mol. The Labute approximate surface area is 126 Å². The fourth-order valence-corrected chi connectivity index (χ4v) is 2.89. The number of anilines is 1. The third-order valence-corrected chi connectivity index (χ3v) is 4.40. The van der Waals surface area contributed by atoms with E-state index < -0.39 is 5.41 Å². The summed E-state index contributed by atoms with van der Waals surface area (Å²) in [6, 6.07) is 6.66. The van der Waals surface area contributed by atoms with Gasteiger partial charge >= 0.3 is 0 Å². The molecule has 4 nitrogen and oxygen atoms in total. The van der Waals surface area contributed by atoms with Gasteiger partial charge in [0.15, 0.2) is 5.13 Å². The third-order valence-electron chi connectivity index (χ3n) is 3.49. The Bertz CT molecular complexity index is 667. The molecular formula is C15H15FN2O2S. The lowest BCUT2D eigenvalue weighted by atomic mass is 9.88. The number of amides is 1. The van der Waals surface area contributed by atoms with E-state index in [0.717, 1.165) is 4.88 Å². The highest BCUT2D eigenvalue weighted by Crippen LogP contribution is 2.29. The molecule has 2 aromatic rings. The molecule has 21 heavy (non-hydrogen) atoms. The Morgan fingerprint density at radius 2 is 2.24 bits per heavy atom. The summed E-state index contributed by atoms with van der Waals surface area (Å²) in [5.74, 6) is -0.309. The zero-order chi connectivity index (χ0) is 14.9. The van der Waals surface area contributed by atoms with Crippen LogP contribution in [0, 0.1) is 11.2 Å². The maximum absolute atomic E-state index is 13.6. The second kappa shape index (κ2) is 5.54. The molecule has 1 aliphatic heterocycles. The highest BCUT2D eigenvalue weighted by atomic mass is 32.1. The third kappa shape index (κ3) is 2.96. The lowest BCUT2D eigenvalue weighted by molar-refractivity contribution is -0.151. The molecule has 0 atom stereocenters. The van der Waals surface area contributed by atoms with Gasteiger partial charge in [0.25, 0.3) is 0 Å². The summed E-state index contributed by atoms with van der Waals surface area (Å²) >= 11 is 1.36. The Morgan fingerprint density at radius 1 is 1.48 bits per heavy atom. The van der Waals surface area contributed by atoms with Crippen LogP contribution in [0.1, 0.15) is 17.4 Å². The van der Waals surface area contributed by atoms with Crippen molar-refractivity contribution in [3.63, 3.8) is 0 Å². The van der Waals surface area contributed by atoms with Crippen LogP contribution in [-0.4, -0.2) is 24.1 Å². The Hall–Kier alpha value is -1.79. The van der Waals surface area contributed by atoms with Gasteiger partial charge in [-0.05, 0) is 18.6 Å². The van der Waals surface area contributed by atoms with Crippen molar-refractivity contribution in [1.29, 1.82) is 0 Å². The second-order valence-corrected chi connectivity index (χ2v) is 6.52. The quantitative estimate of drug-likeness (QED) is 0.945. The summed E-state index contributed by atoms with van der Waals surface area (Å²) in [4.78, 5) is 17.1. The van der Waals surface area contributed by atoms with Gasteiger partial charge < -0.3 is 10.1 Å². The van der Waals surface area contributed by atoms with Crippen LogP contribution in [0.5, 0.6) is 0 Å². The second-order valence-electron chi connectivity index (χ2n) is 5.41. The number of hydrogen-bond acceptors (Lipinski definition) is 4. The number of ether oxygens (including phenoxy) is 1.